The molecule has 0 unspecified atom stereocenters. The van der Waals surface area contributed by atoms with Gasteiger partial charge in [0, 0.05) is 30.2 Å². The summed E-state index contributed by atoms with van der Waals surface area (Å²) in [4.78, 5) is 1.19. The highest BCUT2D eigenvalue weighted by Gasteiger charge is 2.02. The third-order valence-electron chi connectivity index (χ3n) is 2.08. The highest BCUT2D eigenvalue weighted by Crippen LogP contribution is 2.21. The summed E-state index contributed by atoms with van der Waals surface area (Å²) < 4.78 is 5.82. The van der Waals surface area contributed by atoms with Gasteiger partial charge in [0.25, 0.3) is 0 Å². The number of methoxy groups -OCH3 is 1. The van der Waals surface area contributed by atoms with Gasteiger partial charge in [-0.05, 0) is 25.5 Å². The van der Waals surface area contributed by atoms with Gasteiger partial charge in [0.15, 0.2) is 12.4 Å². The number of thioether (sulfide) groups is 1. The molecular weight excluding hydrogens is 210 g/mol. The van der Waals surface area contributed by atoms with Gasteiger partial charge < -0.3 is 9.94 Å². The van der Waals surface area contributed by atoms with Gasteiger partial charge in [0.05, 0.1) is 0 Å². The third-order valence-corrected chi connectivity index (χ3v) is 3.34. The van der Waals surface area contributed by atoms with Crippen LogP contribution in [0.3, 0.4) is 0 Å². The highest BCUT2D eigenvalue weighted by molar-refractivity contribution is 7.99. The van der Waals surface area contributed by atoms with E-state index in [-0.39, 0.29) is 0 Å². The summed E-state index contributed by atoms with van der Waals surface area (Å²) in [6, 6.07) is 1.88. The molecule has 0 aliphatic rings. The zero-order valence-corrected chi connectivity index (χ0v) is 10.0. The molecule has 0 saturated carbocycles. The molecule has 0 saturated heterocycles. The number of aromatic nitrogens is 1. The van der Waals surface area contributed by atoms with Crippen LogP contribution in [-0.2, 0) is 4.74 Å². The molecule has 1 aromatic heterocycles. The Labute approximate surface area is 95.0 Å². The average Bonchev–Trinajstić information content (AvgIpc) is 2.20. The summed E-state index contributed by atoms with van der Waals surface area (Å²) in [5.74, 6) is 1.08. The first-order chi connectivity index (χ1) is 7.24. The van der Waals surface area contributed by atoms with Crippen LogP contribution in [-0.4, -0.2) is 19.5 Å². The van der Waals surface area contributed by atoms with Crippen LogP contribution in [0.1, 0.15) is 18.4 Å². The van der Waals surface area contributed by atoms with Crippen molar-refractivity contribution >= 4 is 11.8 Å². The lowest BCUT2D eigenvalue weighted by atomic mass is 10.3. The van der Waals surface area contributed by atoms with E-state index in [0.717, 1.165) is 35.5 Å². The molecule has 0 aromatic carbocycles. The van der Waals surface area contributed by atoms with Crippen LogP contribution >= 0.6 is 11.8 Å². The van der Waals surface area contributed by atoms with E-state index in [9.17, 15) is 5.21 Å². The van der Waals surface area contributed by atoms with Crippen molar-refractivity contribution in [2.24, 2.45) is 0 Å². The van der Waals surface area contributed by atoms with Crippen LogP contribution in [0.25, 0.3) is 0 Å². The topological polar surface area (TPSA) is 36.2 Å². The maximum Gasteiger partial charge on any atom is 0.184 e. The van der Waals surface area contributed by atoms with E-state index in [2.05, 4.69) is 0 Å². The molecular formula is C11H17NO2S. The quantitative estimate of drug-likeness (QED) is 0.323. The molecule has 84 valence electrons. The Morgan fingerprint density at radius 2 is 2.27 bits per heavy atom. The van der Waals surface area contributed by atoms with E-state index in [4.69, 9.17) is 4.74 Å². The number of nitrogens with zero attached hydrogens (tertiary/aromatic N) is 1. The largest absolute Gasteiger partial charge is 0.619 e. The number of hydrogen-bond acceptors (Lipinski definition) is 3. The smallest absolute Gasteiger partial charge is 0.184 e. The Morgan fingerprint density at radius 1 is 1.47 bits per heavy atom. The SMILES string of the molecule is COCCCCSc1cc[n+]([O-])cc1C. The number of aryl methyl sites for hydroxylation is 1. The lowest BCUT2D eigenvalue weighted by molar-refractivity contribution is -0.606. The molecule has 0 fully saturated rings. The lowest BCUT2D eigenvalue weighted by Gasteiger charge is -2.04. The first-order valence-electron chi connectivity index (χ1n) is 5.05. The molecule has 1 heterocycles. The lowest BCUT2D eigenvalue weighted by Crippen LogP contribution is -2.24. The molecule has 3 nitrogen and oxygen atoms in total. The van der Waals surface area contributed by atoms with Crippen LogP contribution in [0.5, 0.6) is 0 Å². The standard InChI is InChI=1S/C11H17NO2S/c1-10-9-12(13)6-5-11(10)15-8-4-3-7-14-2/h5-6,9H,3-4,7-8H2,1-2H3. The fourth-order valence-electron chi connectivity index (χ4n) is 1.26. The van der Waals surface area contributed by atoms with E-state index in [1.807, 2.05) is 13.0 Å². The number of pyridine rings is 1. The highest BCUT2D eigenvalue weighted by atomic mass is 32.2. The van der Waals surface area contributed by atoms with E-state index in [1.54, 1.807) is 31.3 Å². The fraction of sp³-hybridized carbons (Fsp3) is 0.545. The first-order valence-corrected chi connectivity index (χ1v) is 6.03. The Balaban J connectivity index is 2.31. The second-order valence-electron chi connectivity index (χ2n) is 3.40. The summed E-state index contributed by atoms with van der Waals surface area (Å²) >= 11 is 1.80. The Bertz CT molecular complexity index is 305. The minimum atomic E-state index is 0.828. The van der Waals surface area contributed by atoms with Gasteiger partial charge in [0.2, 0.25) is 0 Å². The van der Waals surface area contributed by atoms with Crippen molar-refractivity contribution in [1.29, 1.82) is 0 Å². The average molecular weight is 227 g/mol. The van der Waals surface area contributed by atoms with Crippen molar-refractivity contribution in [1.82, 2.24) is 0 Å². The van der Waals surface area contributed by atoms with Crippen molar-refractivity contribution < 1.29 is 9.47 Å². The monoisotopic (exact) mass is 227 g/mol. The van der Waals surface area contributed by atoms with Crippen LogP contribution in [0.15, 0.2) is 23.4 Å². The summed E-state index contributed by atoms with van der Waals surface area (Å²) in [6.45, 7) is 2.79. The van der Waals surface area contributed by atoms with Gasteiger partial charge in [0.1, 0.15) is 0 Å². The van der Waals surface area contributed by atoms with Crippen molar-refractivity contribution in [2.75, 3.05) is 19.5 Å². The summed E-state index contributed by atoms with van der Waals surface area (Å²) in [7, 11) is 1.72. The summed E-state index contributed by atoms with van der Waals surface area (Å²) in [6.07, 6.45) is 5.39. The molecule has 15 heavy (non-hydrogen) atoms. The van der Waals surface area contributed by atoms with Crippen molar-refractivity contribution in [2.45, 2.75) is 24.7 Å². The molecule has 1 aromatic rings. The van der Waals surface area contributed by atoms with Gasteiger partial charge in [-0.1, -0.05) is 0 Å². The summed E-state index contributed by atoms with van der Waals surface area (Å²) in [5, 5.41) is 10.9. The minimum Gasteiger partial charge on any atom is -0.619 e. The minimum absolute atomic E-state index is 0.828. The van der Waals surface area contributed by atoms with Crippen molar-refractivity contribution in [3.05, 3.63) is 29.2 Å². The van der Waals surface area contributed by atoms with Crippen LogP contribution in [0.4, 0.5) is 0 Å². The molecule has 4 heteroatoms. The van der Waals surface area contributed by atoms with Gasteiger partial charge in [-0.3, -0.25) is 0 Å². The van der Waals surface area contributed by atoms with Crippen LogP contribution < -0.4 is 4.73 Å². The second-order valence-corrected chi connectivity index (χ2v) is 4.54. The molecule has 0 spiro atoms. The Kier molecular flexibility index (Phi) is 5.50. The molecule has 0 atom stereocenters. The zero-order chi connectivity index (χ0) is 11.1. The molecule has 0 N–H and O–H groups in total. The second kappa shape index (κ2) is 6.69. The van der Waals surface area contributed by atoms with Gasteiger partial charge >= 0.3 is 0 Å². The maximum absolute atomic E-state index is 10.9. The molecule has 0 aliphatic heterocycles. The molecule has 1 rings (SSSR count). The summed E-state index contributed by atoms with van der Waals surface area (Å²) in [5.41, 5.74) is 1.05. The van der Waals surface area contributed by atoms with Crippen molar-refractivity contribution in [3.8, 4) is 0 Å². The van der Waals surface area contributed by atoms with Crippen molar-refractivity contribution in [3.63, 3.8) is 0 Å². The predicted octanol–water partition coefficient (Wildman–Crippen LogP) is 2.15. The Morgan fingerprint density at radius 3 is 2.93 bits per heavy atom. The number of rotatable bonds is 6. The normalized spacial score (nSPS) is 10.5. The number of ether oxygens (including phenoxy) is 1. The zero-order valence-electron chi connectivity index (χ0n) is 9.23. The van der Waals surface area contributed by atoms with E-state index in [1.165, 1.54) is 4.90 Å². The molecule has 0 radical (unpaired) electrons. The number of unbranched alkanes of at least 4 members (excludes halogenated alkanes) is 1. The molecule has 0 aliphatic carbocycles. The van der Waals surface area contributed by atoms with E-state index < -0.39 is 0 Å². The third kappa shape index (κ3) is 4.53. The van der Waals surface area contributed by atoms with Gasteiger partial charge in [-0.25, -0.2) is 0 Å². The van der Waals surface area contributed by atoms with Gasteiger partial charge in [-0.15, -0.1) is 11.8 Å². The fourth-order valence-corrected chi connectivity index (χ4v) is 2.27. The van der Waals surface area contributed by atoms with E-state index >= 15 is 0 Å². The number of hydrogen-bond donors (Lipinski definition) is 0. The van der Waals surface area contributed by atoms with E-state index in [0.29, 0.717) is 0 Å². The predicted molar refractivity (Wildman–Crippen MR) is 62.0 cm³/mol. The van der Waals surface area contributed by atoms with Gasteiger partial charge in [-0.2, -0.15) is 4.73 Å². The Hall–Kier alpha value is -0.740. The van der Waals surface area contributed by atoms with Crippen LogP contribution in [0, 0.1) is 12.1 Å². The van der Waals surface area contributed by atoms with Crippen LogP contribution in [0.2, 0.25) is 0 Å². The molecule has 0 bridgehead atoms. The maximum atomic E-state index is 10.9. The molecule has 0 amide bonds. The first kappa shape index (κ1) is 12.3.